The highest BCUT2D eigenvalue weighted by Gasteiger charge is 2.33. The Morgan fingerprint density at radius 2 is 2.21 bits per heavy atom. The lowest BCUT2D eigenvalue weighted by Gasteiger charge is -2.36. The van der Waals surface area contributed by atoms with E-state index in [9.17, 15) is 4.79 Å². The number of hydrogen-bond acceptors (Lipinski definition) is 5. The first-order valence-electron chi connectivity index (χ1n) is 9.59. The number of H-pyrrole nitrogens is 1. The Morgan fingerprint density at radius 3 is 3.04 bits per heavy atom. The zero-order valence-corrected chi connectivity index (χ0v) is 15.9. The largest absolute Gasteiger partial charge is 0.361 e. The maximum Gasteiger partial charge on any atom is 0.230 e. The van der Waals surface area contributed by atoms with Crippen LogP contribution in [0.3, 0.4) is 0 Å². The number of piperidine rings is 1. The van der Waals surface area contributed by atoms with Crippen molar-refractivity contribution in [3.05, 3.63) is 48.0 Å². The van der Waals surface area contributed by atoms with Crippen LogP contribution in [-0.4, -0.2) is 48.4 Å². The fourth-order valence-corrected chi connectivity index (χ4v) is 4.15. The van der Waals surface area contributed by atoms with E-state index in [1.54, 1.807) is 0 Å². The van der Waals surface area contributed by atoms with Crippen LogP contribution >= 0.6 is 0 Å². The van der Waals surface area contributed by atoms with E-state index in [1.807, 2.05) is 42.5 Å². The highest BCUT2D eigenvalue weighted by Crippen LogP contribution is 2.33. The third-order valence-electron chi connectivity index (χ3n) is 5.73. The molecular formula is C20H22N6O2. The molecule has 1 saturated heterocycles. The topological polar surface area (TPSA) is 92.3 Å². The van der Waals surface area contributed by atoms with Crippen molar-refractivity contribution in [1.29, 1.82) is 0 Å². The van der Waals surface area contributed by atoms with Crippen LogP contribution in [0, 0.1) is 12.8 Å². The third kappa shape index (κ3) is 2.76. The van der Waals surface area contributed by atoms with Gasteiger partial charge in [-0.25, -0.2) is 9.97 Å². The highest BCUT2D eigenvalue weighted by atomic mass is 16.5. The minimum atomic E-state index is 0.0716. The predicted octanol–water partition coefficient (Wildman–Crippen LogP) is 2.70. The van der Waals surface area contributed by atoms with Crippen molar-refractivity contribution in [1.82, 2.24) is 29.4 Å². The molecule has 4 aromatic heterocycles. The molecule has 1 fully saturated rings. The standard InChI is InChI=1S/C20H22N6O2/c1-12-4-6-25(18(27)8-15-7-13(2)24-28-15)11-16(12)20-23-10-14-9-22-19-17(26(14)20)3-5-21-19/h3,5,7,9-10,12,16,21H,4,6,8,11H2,1-2H3. The van der Waals surface area contributed by atoms with E-state index in [-0.39, 0.29) is 18.2 Å². The smallest absolute Gasteiger partial charge is 0.230 e. The number of aromatic nitrogens is 5. The molecule has 0 radical (unpaired) electrons. The van der Waals surface area contributed by atoms with Gasteiger partial charge in [-0.05, 0) is 25.3 Å². The van der Waals surface area contributed by atoms with E-state index in [0.717, 1.165) is 41.2 Å². The molecule has 5 rings (SSSR count). The summed E-state index contributed by atoms with van der Waals surface area (Å²) in [4.78, 5) is 27.1. The Bertz CT molecular complexity index is 1160. The molecule has 0 aliphatic carbocycles. The molecule has 1 amide bonds. The quantitative estimate of drug-likeness (QED) is 0.592. The molecule has 0 saturated carbocycles. The number of hydrogen-bond donors (Lipinski definition) is 1. The highest BCUT2D eigenvalue weighted by molar-refractivity contribution is 5.78. The molecule has 0 aromatic carbocycles. The van der Waals surface area contributed by atoms with E-state index in [0.29, 0.717) is 18.2 Å². The number of imidazole rings is 1. The molecule has 1 aliphatic rings. The zero-order chi connectivity index (χ0) is 19.3. The minimum Gasteiger partial charge on any atom is -0.361 e. The number of amides is 1. The maximum atomic E-state index is 12.8. The molecule has 8 heteroatoms. The number of rotatable bonds is 3. The number of aromatic amines is 1. The summed E-state index contributed by atoms with van der Waals surface area (Å²) in [5.74, 6) is 2.27. The van der Waals surface area contributed by atoms with Crippen LogP contribution in [0.1, 0.15) is 36.5 Å². The van der Waals surface area contributed by atoms with Gasteiger partial charge in [-0.1, -0.05) is 12.1 Å². The van der Waals surface area contributed by atoms with Gasteiger partial charge in [-0.3, -0.25) is 9.20 Å². The van der Waals surface area contributed by atoms with Crippen molar-refractivity contribution < 1.29 is 9.32 Å². The molecule has 1 aliphatic heterocycles. The SMILES string of the molecule is Cc1cc(CC(=O)N2CCC(C)C(c3ncc4cnc5[nH]ccc5n34)C2)on1. The van der Waals surface area contributed by atoms with Crippen LogP contribution < -0.4 is 0 Å². The van der Waals surface area contributed by atoms with E-state index >= 15 is 0 Å². The summed E-state index contributed by atoms with van der Waals surface area (Å²) < 4.78 is 7.38. The normalized spacial score (nSPS) is 20.3. The average molecular weight is 378 g/mol. The van der Waals surface area contributed by atoms with Crippen molar-refractivity contribution in [2.24, 2.45) is 5.92 Å². The van der Waals surface area contributed by atoms with Gasteiger partial charge >= 0.3 is 0 Å². The first-order chi connectivity index (χ1) is 13.6. The van der Waals surface area contributed by atoms with Crippen molar-refractivity contribution >= 4 is 22.6 Å². The van der Waals surface area contributed by atoms with Gasteiger partial charge in [0, 0.05) is 31.3 Å². The molecule has 8 nitrogen and oxygen atoms in total. The van der Waals surface area contributed by atoms with Crippen molar-refractivity contribution in [2.75, 3.05) is 13.1 Å². The fraction of sp³-hybridized carbons (Fsp3) is 0.400. The lowest BCUT2D eigenvalue weighted by atomic mass is 9.86. The molecule has 28 heavy (non-hydrogen) atoms. The predicted molar refractivity (Wildman–Crippen MR) is 103 cm³/mol. The van der Waals surface area contributed by atoms with E-state index in [2.05, 4.69) is 26.4 Å². The van der Waals surface area contributed by atoms with Gasteiger partial charge in [-0.2, -0.15) is 0 Å². The lowest BCUT2D eigenvalue weighted by molar-refractivity contribution is -0.132. The number of fused-ring (bicyclic) bond motifs is 3. The molecule has 0 spiro atoms. The zero-order valence-electron chi connectivity index (χ0n) is 15.9. The number of aryl methyl sites for hydroxylation is 1. The first-order valence-corrected chi connectivity index (χ1v) is 9.59. The number of nitrogens with zero attached hydrogens (tertiary/aromatic N) is 5. The molecule has 2 unspecified atom stereocenters. The lowest BCUT2D eigenvalue weighted by Crippen LogP contribution is -2.43. The summed E-state index contributed by atoms with van der Waals surface area (Å²) in [5, 5.41) is 3.87. The van der Waals surface area contributed by atoms with Gasteiger partial charge in [0.05, 0.1) is 35.5 Å². The van der Waals surface area contributed by atoms with Gasteiger partial charge in [-0.15, -0.1) is 0 Å². The number of carbonyl (C=O) groups is 1. The summed E-state index contributed by atoms with van der Waals surface area (Å²) in [6.45, 7) is 5.51. The second-order valence-electron chi connectivity index (χ2n) is 7.67. The van der Waals surface area contributed by atoms with E-state index in [4.69, 9.17) is 9.51 Å². The molecule has 0 bridgehead atoms. The summed E-state index contributed by atoms with van der Waals surface area (Å²) in [5.41, 5.74) is 3.61. The van der Waals surface area contributed by atoms with Gasteiger partial charge in [0.25, 0.3) is 0 Å². The summed E-state index contributed by atoms with van der Waals surface area (Å²) in [7, 11) is 0. The van der Waals surface area contributed by atoms with Crippen LogP contribution in [0.15, 0.2) is 35.2 Å². The van der Waals surface area contributed by atoms with Crippen LogP contribution in [-0.2, 0) is 11.2 Å². The Balaban J connectivity index is 1.45. The van der Waals surface area contributed by atoms with Crippen LogP contribution in [0.5, 0.6) is 0 Å². The third-order valence-corrected chi connectivity index (χ3v) is 5.73. The van der Waals surface area contributed by atoms with E-state index in [1.165, 1.54) is 0 Å². The number of carbonyl (C=O) groups excluding carboxylic acids is 1. The molecule has 1 N–H and O–H groups in total. The first kappa shape index (κ1) is 17.0. The summed E-state index contributed by atoms with van der Waals surface area (Å²) in [6.07, 6.45) is 6.77. The van der Waals surface area contributed by atoms with Gasteiger partial charge in [0.2, 0.25) is 5.91 Å². The Hall–Kier alpha value is -3.16. The molecule has 4 aromatic rings. The Kier molecular flexibility index (Phi) is 3.92. The molecule has 144 valence electrons. The van der Waals surface area contributed by atoms with Crippen molar-refractivity contribution in [2.45, 2.75) is 32.6 Å². The minimum absolute atomic E-state index is 0.0716. The summed E-state index contributed by atoms with van der Waals surface area (Å²) in [6, 6.07) is 3.84. The Labute approximate surface area is 161 Å². The van der Waals surface area contributed by atoms with Crippen LogP contribution in [0.2, 0.25) is 0 Å². The van der Waals surface area contributed by atoms with Gasteiger partial charge < -0.3 is 14.4 Å². The van der Waals surface area contributed by atoms with Gasteiger partial charge in [0.1, 0.15) is 11.6 Å². The van der Waals surface area contributed by atoms with E-state index < -0.39 is 0 Å². The van der Waals surface area contributed by atoms with Crippen LogP contribution in [0.4, 0.5) is 0 Å². The monoisotopic (exact) mass is 378 g/mol. The van der Waals surface area contributed by atoms with Crippen molar-refractivity contribution in [3.8, 4) is 0 Å². The number of likely N-dealkylation sites (tertiary alicyclic amines) is 1. The van der Waals surface area contributed by atoms with Gasteiger partial charge in [0.15, 0.2) is 5.65 Å². The summed E-state index contributed by atoms with van der Waals surface area (Å²) >= 11 is 0. The molecule has 5 heterocycles. The fourth-order valence-electron chi connectivity index (χ4n) is 4.15. The second-order valence-corrected chi connectivity index (χ2v) is 7.67. The number of nitrogens with one attached hydrogen (secondary N) is 1. The average Bonchev–Trinajstić information content (AvgIpc) is 3.40. The Morgan fingerprint density at radius 1 is 1.36 bits per heavy atom. The second kappa shape index (κ2) is 6.47. The van der Waals surface area contributed by atoms with Crippen LogP contribution in [0.25, 0.3) is 16.7 Å². The molecular weight excluding hydrogens is 356 g/mol. The maximum absolute atomic E-state index is 12.8. The molecule has 2 atom stereocenters. The van der Waals surface area contributed by atoms with Crippen molar-refractivity contribution in [3.63, 3.8) is 0 Å².